The lowest BCUT2D eigenvalue weighted by Gasteiger charge is -2.23. The van der Waals surface area contributed by atoms with E-state index in [0.717, 1.165) is 23.4 Å². The molecule has 1 unspecified atom stereocenters. The van der Waals surface area contributed by atoms with E-state index in [1.165, 1.54) is 0 Å². The smallest absolute Gasteiger partial charge is 0.323 e. The molecule has 1 aliphatic rings. The van der Waals surface area contributed by atoms with E-state index in [1.54, 1.807) is 0 Å². The Morgan fingerprint density at radius 2 is 1.86 bits per heavy atom. The van der Waals surface area contributed by atoms with Crippen LogP contribution in [0.25, 0.3) is 0 Å². The molecule has 1 aliphatic heterocycles. The van der Waals surface area contributed by atoms with Crippen LogP contribution in [-0.4, -0.2) is 37.7 Å². The maximum absolute atomic E-state index is 12.2. The molecule has 2 aromatic carbocycles. The zero-order valence-electron chi connectivity index (χ0n) is 16.0. The molecule has 0 saturated carbocycles. The highest BCUT2D eigenvalue weighted by Crippen LogP contribution is 2.13. The van der Waals surface area contributed by atoms with E-state index in [-0.39, 0.29) is 18.0 Å². The number of aryl methyl sites for hydroxylation is 1. The molecule has 1 atom stereocenters. The molecule has 148 valence electrons. The second-order valence-electron chi connectivity index (χ2n) is 6.86. The second-order valence-corrected chi connectivity index (χ2v) is 6.86. The second kappa shape index (κ2) is 9.87. The number of ether oxygens (including phenoxy) is 1. The third-order valence-electron chi connectivity index (χ3n) is 4.38. The highest BCUT2D eigenvalue weighted by Gasteiger charge is 2.16. The van der Waals surface area contributed by atoms with E-state index in [2.05, 4.69) is 21.3 Å². The number of carbonyl (C=O) groups excluding carboxylic acids is 2. The standard InChI is InChI=1S/C21H26N4O3/c1-15-4-2-6-17(10-15)24-21(27)25-18-7-3-5-16(11-18)13-23-20(26)12-19-14-28-9-8-22-19/h2-7,10-11,19,22H,8-9,12-14H2,1H3,(H,23,26)(H2,24,25,27). The van der Waals surface area contributed by atoms with Crippen molar-refractivity contribution in [1.82, 2.24) is 10.6 Å². The van der Waals surface area contributed by atoms with Crippen molar-refractivity contribution in [3.8, 4) is 0 Å². The van der Waals surface area contributed by atoms with E-state index in [4.69, 9.17) is 4.74 Å². The first-order valence-corrected chi connectivity index (χ1v) is 9.40. The molecule has 0 bridgehead atoms. The summed E-state index contributed by atoms with van der Waals surface area (Å²) in [5, 5.41) is 11.8. The van der Waals surface area contributed by atoms with Crippen molar-refractivity contribution in [2.24, 2.45) is 0 Å². The van der Waals surface area contributed by atoms with Crippen molar-refractivity contribution < 1.29 is 14.3 Å². The summed E-state index contributed by atoms with van der Waals surface area (Å²) in [6.45, 7) is 4.40. The van der Waals surface area contributed by atoms with Crippen molar-refractivity contribution in [2.45, 2.75) is 25.9 Å². The van der Waals surface area contributed by atoms with Crippen LogP contribution in [0.4, 0.5) is 16.2 Å². The largest absolute Gasteiger partial charge is 0.378 e. The quantitative estimate of drug-likeness (QED) is 0.618. The van der Waals surface area contributed by atoms with Gasteiger partial charge in [-0.2, -0.15) is 0 Å². The first-order valence-electron chi connectivity index (χ1n) is 9.40. The molecule has 7 heteroatoms. The van der Waals surface area contributed by atoms with E-state index in [1.807, 2.05) is 55.5 Å². The van der Waals surface area contributed by atoms with Gasteiger partial charge in [-0.15, -0.1) is 0 Å². The van der Waals surface area contributed by atoms with E-state index >= 15 is 0 Å². The van der Waals surface area contributed by atoms with Crippen LogP contribution >= 0.6 is 0 Å². The summed E-state index contributed by atoms with van der Waals surface area (Å²) < 4.78 is 5.36. The van der Waals surface area contributed by atoms with Gasteiger partial charge in [-0.25, -0.2) is 4.79 Å². The lowest BCUT2D eigenvalue weighted by Crippen LogP contribution is -2.44. The average molecular weight is 382 g/mol. The van der Waals surface area contributed by atoms with Gasteiger partial charge in [0.2, 0.25) is 5.91 Å². The normalized spacial score (nSPS) is 16.2. The fourth-order valence-electron chi connectivity index (χ4n) is 3.02. The molecule has 1 saturated heterocycles. The summed E-state index contributed by atoms with van der Waals surface area (Å²) in [6.07, 6.45) is 0.386. The molecule has 4 N–H and O–H groups in total. The molecule has 3 amide bonds. The number of morpholine rings is 1. The summed E-state index contributed by atoms with van der Waals surface area (Å²) in [5.41, 5.74) is 3.39. The Bertz CT molecular complexity index is 819. The minimum Gasteiger partial charge on any atom is -0.378 e. The Balaban J connectivity index is 1.47. The number of benzene rings is 2. The number of rotatable bonds is 6. The van der Waals surface area contributed by atoms with Gasteiger partial charge in [-0.05, 0) is 42.3 Å². The molecular weight excluding hydrogens is 356 g/mol. The van der Waals surface area contributed by atoms with Crippen molar-refractivity contribution in [3.63, 3.8) is 0 Å². The van der Waals surface area contributed by atoms with Crippen LogP contribution in [-0.2, 0) is 16.1 Å². The topological polar surface area (TPSA) is 91.5 Å². The Morgan fingerprint density at radius 3 is 2.57 bits per heavy atom. The third kappa shape index (κ3) is 6.37. The van der Waals surface area contributed by atoms with Crippen molar-refractivity contribution in [3.05, 3.63) is 59.7 Å². The summed E-state index contributed by atoms with van der Waals surface area (Å²) in [5.74, 6) is -0.0291. The lowest BCUT2D eigenvalue weighted by molar-refractivity contribution is -0.122. The van der Waals surface area contributed by atoms with Gasteiger partial charge in [0.05, 0.1) is 13.2 Å². The van der Waals surface area contributed by atoms with Crippen molar-refractivity contribution >= 4 is 23.3 Å². The number of carbonyl (C=O) groups is 2. The summed E-state index contributed by atoms with van der Waals surface area (Å²) in [6, 6.07) is 14.8. The molecule has 28 heavy (non-hydrogen) atoms. The van der Waals surface area contributed by atoms with Crippen molar-refractivity contribution in [1.29, 1.82) is 0 Å². The fraction of sp³-hybridized carbons (Fsp3) is 0.333. The van der Waals surface area contributed by atoms with Crippen molar-refractivity contribution in [2.75, 3.05) is 30.4 Å². The van der Waals surface area contributed by atoms with E-state index < -0.39 is 0 Å². The zero-order chi connectivity index (χ0) is 19.8. The summed E-state index contributed by atoms with van der Waals surface area (Å²) >= 11 is 0. The molecule has 3 rings (SSSR count). The zero-order valence-corrected chi connectivity index (χ0v) is 16.0. The minimum absolute atomic E-state index is 0.0291. The number of hydrogen-bond donors (Lipinski definition) is 4. The summed E-state index contributed by atoms with van der Waals surface area (Å²) in [7, 11) is 0. The van der Waals surface area contributed by atoms with Crippen LogP contribution in [0.2, 0.25) is 0 Å². The molecular formula is C21H26N4O3. The van der Waals surface area contributed by atoms with Gasteiger partial charge in [0, 0.05) is 36.9 Å². The number of amides is 3. The molecule has 1 fully saturated rings. The van der Waals surface area contributed by atoms with Crippen LogP contribution in [0.15, 0.2) is 48.5 Å². The van der Waals surface area contributed by atoms with Gasteiger partial charge in [-0.3, -0.25) is 4.79 Å². The molecule has 2 aromatic rings. The number of nitrogens with one attached hydrogen (secondary N) is 4. The number of urea groups is 1. The Hall–Kier alpha value is -2.90. The number of anilines is 2. The van der Waals surface area contributed by atoms with E-state index in [9.17, 15) is 9.59 Å². The third-order valence-corrected chi connectivity index (χ3v) is 4.38. The van der Waals surface area contributed by atoms with Crippen LogP contribution < -0.4 is 21.3 Å². The Labute approximate surface area is 164 Å². The predicted octanol–water partition coefficient (Wildman–Crippen LogP) is 2.63. The van der Waals surface area contributed by atoms with Gasteiger partial charge in [0.15, 0.2) is 0 Å². The summed E-state index contributed by atoms with van der Waals surface area (Å²) in [4.78, 5) is 24.3. The molecule has 0 aliphatic carbocycles. The Morgan fingerprint density at radius 1 is 1.11 bits per heavy atom. The highest BCUT2D eigenvalue weighted by atomic mass is 16.5. The van der Waals surface area contributed by atoms with Gasteiger partial charge in [0.1, 0.15) is 0 Å². The number of hydrogen-bond acceptors (Lipinski definition) is 4. The first-order chi connectivity index (χ1) is 13.6. The maximum atomic E-state index is 12.2. The molecule has 0 aromatic heterocycles. The predicted molar refractivity (Wildman–Crippen MR) is 109 cm³/mol. The SMILES string of the molecule is Cc1cccc(NC(=O)Nc2cccc(CNC(=O)CC3COCCN3)c2)c1. The fourth-order valence-corrected chi connectivity index (χ4v) is 3.02. The van der Waals surface area contributed by atoms with Gasteiger partial charge in [0.25, 0.3) is 0 Å². The molecule has 7 nitrogen and oxygen atoms in total. The van der Waals surface area contributed by atoms with Gasteiger partial charge < -0.3 is 26.0 Å². The van der Waals surface area contributed by atoms with Gasteiger partial charge >= 0.3 is 6.03 Å². The van der Waals surface area contributed by atoms with E-state index in [0.29, 0.717) is 31.9 Å². The molecule has 1 heterocycles. The Kier molecular flexibility index (Phi) is 7.00. The minimum atomic E-state index is -0.310. The molecule has 0 radical (unpaired) electrons. The highest BCUT2D eigenvalue weighted by molar-refractivity contribution is 5.99. The van der Waals surface area contributed by atoms with Crippen LogP contribution in [0.3, 0.4) is 0 Å². The maximum Gasteiger partial charge on any atom is 0.323 e. The first kappa shape index (κ1) is 19.9. The van der Waals surface area contributed by atoms with Crippen LogP contribution in [0.5, 0.6) is 0 Å². The monoisotopic (exact) mass is 382 g/mol. The van der Waals surface area contributed by atoms with Crippen LogP contribution in [0.1, 0.15) is 17.5 Å². The average Bonchev–Trinajstić information content (AvgIpc) is 2.67. The molecule has 0 spiro atoms. The van der Waals surface area contributed by atoms with Gasteiger partial charge in [-0.1, -0.05) is 24.3 Å². The van der Waals surface area contributed by atoms with Crippen LogP contribution in [0, 0.1) is 6.92 Å². The lowest BCUT2D eigenvalue weighted by atomic mass is 10.1.